The third kappa shape index (κ3) is 1.77. The second-order valence-corrected chi connectivity index (χ2v) is 4.32. The summed E-state index contributed by atoms with van der Waals surface area (Å²) in [6.07, 6.45) is 1.83. The van der Waals surface area contributed by atoms with Gasteiger partial charge in [-0.15, -0.1) is 11.3 Å². The Labute approximate surface area is 100 Å². The second kappa shape index (κ2) is 3.96. The van der Waals surface area contributed by atoms with Gasteiger partial charge in [0.25, 0.3) is 0 Å². The minimum Gasteiger partial charge on any atom is -0.338 e. The summed E-state index contributed by atoms with van der Waals surface area (Å²) in [6, 6.07) is 5.89. The fourth-order valence-corrected chi connectivity index (χ4v) is 2.26. The summed E-state index contributed by atoms with van der Waals surface area (Å²) < 4.78 is 6.02. The van der Waals surface area contributed by atoms with E-state index >= 15 is 0 Å². The van der Waals surface area contributed by atoms with Crippen LogP contribution in [-0.2, 0) is 6.42 Å². The van der Waals surface area contributed by atoms with E-state index in [0.29, 0.717) is 11.7 Å². The Balaban J connectivity index is 2.04. The molecule has 17 heavy (non-hydrogen) atoms. The van der Waals surface area contributed by atoms with Gasteiger partial charge in [-0.25, -0.2) is 0 Å². The molecule has 0 saturated carbocycles. The summed E-state index contributed by atoms with van der Waals surface area (Å²) in [5.41, 5.74) is 1.76. The highest BCUT2D eigenvalue weighted by atomic mass is 32.1. The summed E-state index contributed by atoms with van der Waals surface area (Å²) >= 11 is 1.61. The van der Waals surface area contributed by atoms with E-state index in [4.69, 9.17) is 9.78 Å². The fourth-order valence-electron chi connectivity index (χ4n) is 1.48. The van der Waals surface area contributed by atoms with E-state index in [-0.39, 0.29) is 6.42 Å². The molecule has 0 fully saturated rings. The molecule has 82 valence electrons. The zero-order valence-corrected chi connectivity index (χ0v) is 9.44. The Kier molecular flexibility index (Phi) is 2.31. The highest BCUT2D eigenvalue weighted by Crippen LogP contribution is 2.24. The first-order valence-corrected chi connectivity index (χ1v) is 5.78. The number of pyridine rings is 1. The lowest BCUT2D eigenvalue weighted by molar-refractivity contribution is 0.388. The van der Waals surface area contributed by atoms with Crippen molar-refractivity contribution in [1.82, 2.24) is 15.1 Å². The molecule has 0 radical (unpaired) electrons. The topological polar surface area (TPSA) is 75.6 Å². The zero-order chi connectivity index (χ0) is 11.7. The summed E-state index contributed by atoms with van der Waals surface area (Å²) in [4.78, 5) is 8.42. The quantitative estimate of drug-likeness (QED) is 0.689. The molecular formula is C11H6N4OS. The Hall–Kier alpha value is -2.26. The molecule has 0 N–H and O–H groups in total. The highest BCUT2D eigenvalue weighted by Gasteiger charge is 2.09. The lowest BCUT2D eigenvalue weighted by atomic mass is 10.2. The van der Waals surface area contributed by atoms with Crippen LogP contribution in [0, 0.1) is 11.3 Å². The van der Waals surface area contributed by atoms with Crippen LogP contribution in [0.2, 0.25) is 0 Å². The molecule has 0 aliphatic carbocycles. The third-order valence-electron chi connectivity index (χ3n) is 2.26. The molecular weight excluding hydrogens is 236 g/mol. The van der Waals surface area contributed by atoms with Crippen molar-refractivity contribution in [2.45, 2.75) is 6.42 Å². The lowest BCUT2D eigenvalue weighted by Crippen LogP contribution is -1.84. The zero-order valence-electron chi connectivity index (χ0n) is 8.62. The maximum Gasteiger partial charge on any atom is 0.241 e. The van der Waals surface area contributed by atoms with Gasteiger partial charge in [0, 0.05) is 11.8 Å². The lowest BCUT2D eigenvalue weighted by Gasteiger charge is -1.93. The summed E-state index contributed by atoms with van der Waals surface area (Å²) in [5.74, 6) is 0.798. The minimum atomic E-state index is 0.127. The van der Waals surface area contributed by atoms with Crippen molar-refractivity contribution in [2.24, 2.45) is 0 Å². The van der Waals surface area contributed by atoms with Crippen molar-refractivity contribution in [1.29, 1.82) is 5.26 Å². The first-order valence-electron chi connectivity index (χ1n) is 4.90. The fraction of sp³-hybridized carbons (Fsp3) is 0.0909. The normalized spacial score (nSPS) is 10.5. The van der Waals surface area contributed by atoms with Gasteiger partial charge >= 0.3 is 0 Å². The van der Waals surface area contributed by atoms with Crippen LogP contribution in [0.4, 0.5) is 0 Å². The molecule has 0 aliphatic heterocycles. The van der Waals surface area contributed by atoms with Crippen LogP contribution in [0.15, 0.2) is 28.2 Å². The predicted molar refractivity (Wildman–Crippen MR) is 62.2 cm³/mol. The summed E-state index contributed by atoms with van der Waals surface area (Å²) in [6.45, 7) is 0. The number of fused-ring (bicyclic) bond motifs is 1. The van der Waals surface area contributed by atoms with E-state index < -0.39 is 0 Å². The van der Waals surface area contributed by atoms with Crippen molar-refractivity contribution in [3.8, 4) is 17.5 Å². The Morgan fingerprint density at radius 3 is 3.29 bits per heavy atom. The standard InChI is InChI=1S/C11H6N4OS/c12-3-1-10-14-11(15-16-10)7-5-9-8(13-6-7)2-4-17-9/h2,4-6H,1H2. The molecule has 0 amide bonds. The number of thiophene rings is 1. The molecule has 0 spiro atoms. The van der Waals surface area contributed by atoms with Crippen molar-refractivity contribution in [3.63, 3.8) is 0 Å². The number of hydrogen-bond donors (Lipinski definition) is 0. The summed E-state index contributed by atoms with van der Waals surface area (Å²) in [5, 5.41) is 14.3. The average Bonchev–Trinajstić information content (AvgIpc) is 2.96. The molecule has 3 heterocycles. The van der Waals surface area contributed by atoms with Gasteiger partial charge in [-0.1, -0.05) is 5.16 Å². The molecule has 0 aliphatic rings. The van der Waals surface area contributed by atoms with Gasteiger partial charge in [-0.05, 0) is 17.5 Å². The number of nitrogens with zero attached hydrogens (tertiary/aromatic N) is 4. The first kappa shape index (κ1) is 9.93. The molecule has 3 rings (SSSR count). The maximum absolute atomic E-state index is 8.52. The molecule has 5 nitrogen and oxygen atoms in total. The van der Waals surface area contributed by atoms with Crippen molar-refractivity contribution >= 4 is 21.6 Å². The Morgan fingerprint density at radius 1 is 1.47 bits per heavy atom. The number of rotatable bonds is 2. The van der Waals surface area contributed by atoms with Crippen LogP contribution in [0.3, 0.4) is 0 Å². The van der Waals surface area contributed by atoms with Crippen molar-refractivity contribution in [2.75, 3.05) is 0 Å². The van der Waals surface area contributed by atoms with Crippen molar-refractivity contribution in [3.05, 3.63) is 29.6 Å². The van der Waals surface area contributed by atoms with E-state index in [1.165, 1.54) is 0 Å². The van der Waals surface area contributed by atoms with Gasteiger partial charge in [0.1, 0.15) is 6.42 Å². The van der Waals surface area contributed by atoms with Crippen LogP contribution in [0.1, 0.15) is 5.89 Å². The average molecular weight is 242 g/mol. The Bertz CT molecular complexity index is 709. The second-order valence-electron chi connectivity index (χ2n) is 3.37. The van der Waals surface area contributed by atoms with Gasteiger partial charge in [0.05, 0.1) is 16.3 Å². The predicted octanol–water partition coefficient (Wildman–Crippen LogP) is 2.41. The minimum absolute atomic E-state index is 0.127. The van der Waals surface area contributed by atoms with E-state index in [9.17, 15) is 0 Å². The summed E-state index contributed by atoms with van der Waals surface area (Å²) in [7, 11) is 0. The third-order valence-corrected chi connectivity index (χ3v) is 3.11. The number of nitriles is 1. The van der Waals surface area contributed by atoms with E-state index in [0.717, 1.165) is 15.8 Å². The van der Waals surface area contributed by atoms with E-state index in [1.807, 2.05) is 23.6 Å². The van der Waals surface area contributed by atoms with E-state index in [1.54, 1.807) is 17.5 Å². The molecule has 0 aromatic carbocycles. The molecule has 0 saturated heterocycles. The van der Waals surface area contributed by atoms with Gasteiger partial charge in [-0.2, -0.15) is 10.2 Å². The largest absolute Gasteiger partial charge is 0.338 e. The van der Waals surface area contributed by atoms with Gasteiger partial charge in [0.15, 0.2) is 0 Å². The molecule has 6 heteroatoms. The maximum atomic E-state index is 8.52. The monoisotopic (exact) mass is 242 g/mol. The Morgan fingerprint density at radius 2 is 2.41 bits per heavy atom. The number of aromatic nitrogens is 3. The van der Waals surface area contributed by atoms with Crippen LogP contribution in [0.5, 0.6) is 0 Å². The van der Waals surface area contributed by atoms with Gasteiger partial charge in [0.2, 0.25) is 11.7 Å². The highest BCUT2D eigenvalue weighted by molar-refractivity contribution is 7.17. The van der Waals surface area contributed by atoms with Crippen LogP contribution in [-0.4, -0.2) is 15.1 Å². The SMILES string of the molecule is N#CCc1nc(-c2cnc3ccsc3c2)no1. The van der Waals surface area contributed by atoms with Gasteiger partial charge < -0.3 is 4.52 Å². The molecule has 3 aromatic rings. The first-order chi connectivity index (χ1) is 8.36. The van der Waals surface area contributed by atoms with E-state index in [2.05, 4.69) is 15.1 Å². The van der Waals surface area contributed by atoms with Gasteiger partial charge in [-0.3, -0.25) is 4.98 Å². The van der Waals surface area contributed by atoms with Crippen LogP contribution in [0.25, 0.3) is 21.6 Å². The molecule has 0 bridgehead atoms. The molecule has 3 aromatic heterocycles. The number of hydrogen-bond acceptors (Lipinski definition) is 6. The molecule has 0 atom stereocenters. The van der Waals surface area contributed by atoms with Crippen LogP contribution < -0.4 is 0 Å². The smallest absolute Gasteiger partial charge is 0.241 e. The van der Waals surface area contributed by atoms with Crippen molar-refractivity contribution < 1.29 is 4.52 Å². The molecule has 0 unspecified atom stereocenters. The van der Waals surface area contributed by atoms with Crippen LogP contribution >= 0.6 is 11.3 Å².